The fraction of sp³-hybridized carbons (Fsp3) is 0.355. The van der Waals surface area contributed by atoms with Gasteiger partial charge in [-0.3, -0.25) is 13.9 Å². The summed E-state index contributed by atoms with van der Waals surface area (Å²) < 4.78 is 59.3. The molecule has 0 fully saturated rings. The number of halogens is 1. The summed E-state index contributed by atoms with van der Waals surface area (Å²) in [5.41, 5.74) is 0.802. The van der Waals surface area contributed by atoms with Gasteiger partial charge in [-0.25, -0.2) is 12.8 Å². The van der Waals surface area contributed by atoms with Crippen LogP contribution in [0.3, 0.4) is 0 Å². The van der Waals surface area contributed by atoms with Gasteiger partial charge in [-0.15, -0.1) is 0 Å². The molecule has 10 nitrogen and oxygen atoms in total. The molecule has 43 heavy (non-hydrogen) atoms. The van der Waals surface area contributed by atoms with E-state index in [1.165, 1.54) is 35.2 Å². The van der Waals surface area contributed by atoms with Crippen molar-refractivity contribution < 1.29 is 36.6 Å². The molecular weight excluding hydrogens is 577 g/mol. The van der Waals surface area contributed by atoms with Crippen molar-refractivity contribution >= 4 is 27.5 Å². The minimum Gasteiger partial charge on any atom is -0.497 e. The maximum atomic E-state index is 14.1. The number of carbonyl (C=O) groups is 2. The number of carbonyl (C=O) groups excluding carboxylic acids is 2. The van der Waals surface area contributed by atoms with Crippen LogP contribution in [0.15, 0.2) is 71.6 Å². The van der Waals surface area contributed by atoms with Gasteiger partial charge in [-0.05, 0) is 66.9 Å². The van der Waals surface area contributed by atoms with E-state index in [2.05, 4.69) is 5.32 Å². The molecule has 0 saturated carbocycles. The number of hydrogen-bond acceptors (Lipinski definition) is 7. The number of nitrogens with one attached hydrogen (secondary N) is 1. The topological polar surface area (TPSA) is 114 Å². The lowest BCUT2D eigenvalue weighted by molar-refractivity contribution is -0.140. The predicted octanol–water partition coefficient (Wildman–Crippen LogP) is 4.13. The number of rotatable bonds is 13. The van der Waals surface area contributed by atoms with Crippen LogP contribution < -0.4 is 23.8 Å². The highest BCUT2D eigenvalue weighted by atomic mass is 32.2. The van der Waals surface area contributed by atoms with Gasteiger partial charge in [0.25, 0.3) is 10.0 Å². The highest BCUT2D eigenvalue weighted by Gasteiger charge is 2.34. The average molecular weight is 614 g/mol. The van der Waals surface area contributed by atoms with Crippen LogP contribution in [0.25, 0.3) is 0 Å². The van der Waals surface area contributed by atoms with Crippen LogP contribution in [0.2, 0.25) is 0 Å². The number of nitrogens with zero attached hydrogens (tertiary/aromatic N) is 2. The van der Waals surface area contributed by atoms with E-state index in [0.29, 0.717) is 37.5 Å². The molecule has 1 unspecified atom stereocenters. The number of fused-ring (bicyclic) bond motifs is 1. The van der Waals surface area contributed by atoms with E-state index in [1.807, 2.05) is 6.92 Å². The molecule has 1 aliphatic rings. The standard InChI is InChI=1S/C31H36FN3O7S/c1-4-16-33-31(37)27(5-2)34(20-22-6-12-25(40-3)13-7-22)30(36)21-35(24-10-8-23(32)9-11-24)43(38,39)26-14-15-28-29(19-26)42-18-17-41-28/h6-15,19,27H,4-5,16-18,20-21H2,1-3H3,(H,33,37). The quantitative estimate of drug-likeness (QED) is 0.308. The summed E-state index contributed by atoms with van der Waals surface area (Å²) in [5.74, 6) is -0.218. The third kappa shape index (κ3) is 7.56. The van der Waals surface area contributed by atoms with Crippen LogP contribution in [0, 0.1) is 5.82 Å². The van der Waals surface area contributed by atoms with Gasteiger partial charge >= 0.3 is 0 Å². The average Bonchev–Trinajstić information content (AvgIpc) is 3.02. The monoisotopic (exact) mass is 613 g/mol. The fourth-order valence-electron chi connectivity index (χ4n) is 4.66. The van der Waals surface area contributed by atoms with Crippen molar-refractivity contribution in [1.29, 1.82) is 0 Å². The summed E-state index contributed by atoms with van der Waals surface area (Å²) in [6.45, 7) is 4.14. The Kier molecular flexibility index (Phi) is 10.5. The molecular formula is C31H36FN3O7S. The van der Waals surface area contributed by atoms with Crippen LogP contribution in [0.5, 0.6) is 17.2 Å². The molecule has 0 aliphatic carbocycles. The molecule has 4 rings (SSSR count). The second-order valence-electron chi connectivity index (χ2n) is 9.88. The van der Waals surface area contributed by atoms with E-state index in [1.54, 1.807) is 38.3 Å². The van der Waals surface area contributed by atoms with E-state index < -0.39 is 34.3 Å². The molecule has 1 heterocycles. The molecule has 0 aromatic heterocycles. The van der Waals surface area contributed by atoms with E-state index >= 15 is 0 Å². The smallest absolute Gasteiger partial charge is 0.264 e. The van der Waals surface area contributed by atoms with E-state index in [0.717, 1.165) is 22.0 Å². The Hall–Kier alpha value is -4.32. The van der Waals surface area contributed by atoms with Crippen molar-refractivity contribution in [3.05, 3.63) is 78.1 Å². The fourth-order valence-corrected chi connectivity index (χ4v) is 6.09. The molecule has 1 aliphatic heterocycles. The van der Waals surface area contributed by atoms with Gasteiger partial charge in [-0.1, -0.05) is 26.0 Å². The molecule has 1 N–H and O–H groups in total. The summed E-state index contributed by atoms with van der Waals surface area (Å²) in [6.07, 6.45) is 1.00. The maximum Gasteiger partial charge on any atom is 0.264 e. The van der Waals surface area contributed by atoms with Crippen LogP contribution in [0.4, 0.5) is 10.1 Å². The van der Waals surface area contributed by atoms with E-state index in [9.17, 15) is 22.4 Å². The molecule has 0 radical (unpaired) electrons. The highest BCUT2D eigenvalue weighted by molar-refractivity contribution is 7.92. The van der Waals surface area contributed by atoms with Gasteiger partial charge in [0.2, 0.25) is 11.8 Å². The number of anilines is 1. The number of hydrogen-bond donors (Lipinski definition) is 1. The molecule has 0 bridgehead atoms. The summed E-state index contributed by atoms with van der Waals surface area (Å²) >= 11 is 0. The van der Waals surface area contributed by atoms with Crippen molar-refractivity contribution in [1.82, 2.24) is 10.2 Å². The van der Waals surface area contributed by atoms with E-state index in [4.69, 9.17) is 14.2 Å². The molecule has 3 aromatic rings. The van der Waals surface area contributed by atoms with Gasteiger partial charge in [-0.2, -0.15) is 0 Å². The third-order valence-electron chi connectivity index (χ3n) is 6.94. The molecule has 0 saturated heterocycles. The summed E-state index contributed by atoms with van der Waals surface area (Å²) in [7, 11) is -2.82. The minimum absolute atomic E-state index is 0.0439. The number of benzene rings is 3. The summed E-state index contributed by atoms with van der Waals surface area (Å²) in [6, 6.07) is 15.2. The zero-order valence-corrected chi connectivity index (χ0v) is 25.2. The first-order valence-electron chi connectivity index (χ1n) is 14.1. The Bertz CT molecular complexity index is 1520. The van der Waals surface area contributed by atoms with Crippen molar-refractivity contribution in [2.24, 2.45) is 0 Å². The molecule has 2 amide bonds. The summed E-state index contributed by atoms with van der Waals surface area (Å²) in [5, 5.41) is 2.85. The maximum absolute atomic E-state index is 14.1. The lowest BCUT2D eigenvalue weighted by atomic mass is 10.1. The SMILES string of the molecule is CCCNC(=O)C(CC)N(Cc1ccc(OC)cc1)C(=O)CN(c1ccc(F)cc1)S(=O)(=O)c1ccc2c(c1)OCCO2. The molecule has 12 heteroatoms. The van der Waals surface area contributed by atoms with Gasteiger partial charge < -0.3 is 24.4 Å². The van der Waals surface area contributed by atoms with Crippen molar-refractivity contribution in [3.63, 3.8) is 0 Å². The van der Waals surface area contributed by atoms with Crippen LogP contribution in [0.1, 0.15) is 32.3 Å². The highest BCUT2D eigenvalue weighted by Crippen LogP contribution is 2.34. The molecule has 3 aromatic carbocycles. The molecule has 1 atom stereocenters. The van der Waals surface area contributed by atoms with Crippen LogP contribution in [-0.2, 0) is 26.2 Å². The van der Waals surface area contributed by atoms with E-state index in [-0.39, 0.29) is 35.4 Å². The third-order valence-corrected chi connectivity index (χ3v) is 8.71. The lowest BCUT2D eigenvalue weighted by Crippen LogP contribution is -2.52. The minimum atomic E-state index is -4.37. The van der Waals surface area contributed by atoms with Crippen LogP contribution >= 0.6 is 0 Å². The summed E-state index contributed by atoms with van der Waals surface area (Å²) in [4.78, 5) is 28.5. The van der Waals surface area contributed by atoms with Crippen molar-refractivity contribution in [2.45, 2.75) is 44.2 Å². The number of methoxy groups -OCH3 is 1. The second-order valence-corrected chi connectivity index (χ2v) is 11.7. The first-order chi connectivity index (χ1) is 20.7. The number of sulfonamides is 1. The number of ether oxygens (including phenoxy) is 3. The molecule has 0 spiro atoms. The van der Waals surface area contributed by atoms with Crippen molar-refractivity contribution in [2.75, 3.05) is 37.7 Å². The first kappa shape index (κ1) is 31.6. The largest absolute Gasteiger partial charge is 0.497 e. The van der Waals surface area contributed by atoms with Gasteiger partial charge in [0.05, 0.1) is 17.7 Å². The molecule has 230 valence electrons. The lowest BCUT2D eigenvalue weighted by Gasteiger charge is -2.33. The van der Waals surface area contributed by atoms with Gasteiger partial charge in [0, 0.05) is 19.2 Å². The Morgan fingerprint density at radius 1 is 0.977 bits per heavy atom. The van der Waals surface area contributed by atoms with Crippen molar-refractivity contribution in [3.8, 4) is 17.2 Å². The number of amides is 2. The zero-order chi connectivity index (χ0) is 31.0. The predicted molar refractivity (Wildman–Crippen MR) is 159 cm³/mol. The van der Waals surface area contributed by atoms with Gasteiger partial charge in [0.1, 0.15) is 37.4 Å². The Morgan fingerprint density at radius 3 is 2.28 bits per heavy atom. The van der Waals surface area contributed by atoms with Gasteiger partial charge in [0.15, 0.2) is 11.5 Å². The van der Waals surface area contributed by atoms with Crippen LogP contribution in [-0.4, -0.2) is 64.6 Å². The Labute approximate surface area is 251 Å². The Morgan fingerprint density at radius 2 is 1.65 bits per heavy atom. The second kappa shape index (κ2) is 14.2. The normalized spacial score (nSPS) is 13.1. The zero-order valence-electron chi connectivity index (χ0n) is 24.4. The first-order valence-corrected chi connectivity index (χ1v) is 15.5. The Balaban J connectivity index is 1.73.